The van der Waals surface area contributed by atoms with E-state index in [1.54, 1.807) is 38.2 Å². The molecular weight excluding hydrogens is 811 g/mol. The molecule has 4 amide bonds. The van der Waals surface area contributed by atoms with Gasteiger partial charge in [-0.2, -0.15) is 10.2 Å². The van der Waals surface area contributed by atoms with Crippen molar-refractivity contribution >= 4 is 58.1 Å². The van der Waals surface area contributed by atoms with Gasteiger partial charge in [-0.05, 0) is 83.0 Å². The van der Waals surface area contributed by atoms with Crippen LogP contribution in [0.5, 0.6) is 11.5 Å². The molecule has 0 spiro atoms. The van der Waals surface area contributed by atoms with Gasteiger partial charge in [-0.25, -0.2) is 9.97 Å². The Kier molecular flexibility index (Phi) is 14.9. The van der Waals surface area contributed by atoms with Crippen LogP contribution in [-0.2, 0) is 35.7 Å². The highest BCUT2D eigenvalue weighted by atomic mass is 16.5. The van der Waals surface area contributed by atoms with Crippen LogP contribution in [0.1, 0.15) is 68.6 Å². The molecule has 20 nitrogen and oxygen atoms in total. The maximum atomic E-state index is 13.8. The minimum Gasteiger partial charge on any atom is -0.494 e. The van der Waals surface area contributed by atoms with Crippen LogP contribution in [0.2, 0.25) is 0 Å². The molecule has 1 aliphatic rings. The molecule has 63 heavy (non-hydrogen) atoms. The van der Waals surface area contributed by atoms with Crippen LogP contribution in [-0.4, -0.2) is 114 Å². The van der Waals surface area contributed by atoms with Crippen molar-refractivity contribution in [3.8, 4) is 11.5 Å². The molecule has 0 saturated carbocycles. The standard InChI is InChI=1S/C42H52N12O6.CH3NO/c1-7-53-32(22-27(4)48-53)39(56)46-41-44-30-20-26(3)21-35(60-17-11-12-50-15-18-59-19-16-50)37(30)52(41)14-10-9-13-51-36-31(24-29(38(43)55)25-34(36)58-6)45-42(51)47-40(57)33-23-28(5)49-54(33)8-2;2-1-3/h9-10,20-25H,7-8,11-19H2,1-6H3,(H2,43,55)(H,44,46,56)(H,45,47,57);1H,(H2,2,3)/b10-9+;. The average Bonchev–Trinajstić information content (AvgIpc) is 4.03. The molecule has 0 unspecified atom stereocenters. The zero-order valence-electron chi connectivity index (χ0n) is 36.5. The lowest BCUT2D eigenvalue weighted by atomic mass is 10.1. The van der Waals surface area contributed by atoms with Crippen LogP contribution < -0.4 is 31.6 Å². The van der Waals surface area contributed by atoms with Crippen molar-refractivity contribution in [1.29, 1.82) is 0 Å². The van der Waals surface area contributed by atoms with Gasteiger partial charge >= 0.3 is 0 Å². The largest absolute Gasteiger partial charge is 0.494 e. The second-order valence-electron chi connectivity index (χ2n) is 14.8. The molecule has 5 heterocycles. The van der Waals surface area contributed by atoms with E-state index in [9.17, 15) is 14.4 Å². The third-order valence-electron chi connectivity index (χ3n) is 10.3. The minimum atomic E-state index is -0.641. The van der Waals surface area contributed by atoms with Gasteiger partial charge in [0.15, 0.2) is 0 Å². The van der Waals surface area contributed by atoms with E-state index in [4.69, 9.17) is 34.7 Å². The summed E-state index contributed by atoms with van der Waals surface area (Å²) in [5.41, 5.74) is 15.6. The zero-order chi connectivity index (χ0) is 45.2. The predicted octanol–water partition coefficient (Wildman–Crippen LogP) is 3.82. The predicted molar refractivity (Wildman–Crippen MR) is 237 cm³/mol. The van der Waals surface area contributed by atoms with Crippen molar-refractivity contribution in [3.63, 3.8) is 0 Å². The second kappa shape index (κ2) is 20.7. The molecule has 1 fully saturated rings. The van der Waals surface area contributed by atoms with Crippen molar-refractivity contribution in [2.45, 2.75) is 67.2 Å². The number of carbonyl (C=O) groups excluding carboxylic acids is 4. The van der Waals surface area contributed by atoms with Gasteiger partial charge in [0.1, 0.15) is 33.9 Å². The van der Waals surface area contributed by atoms with Crippen LogP contribution in [0, 0.1) is 20.8 Å². The number of hydrogen-bond donors (Lipinski definition) is 4. The van der Waals surface area contributed by atoms with Gasteiger partial charge < -0.3 is 34.8 Å². The number of allylic oxidation sites excluding steroid dienone is 2. The number of benzene rings is 2. The number of aromatic nitrogens is 8. The van der Waals surface area contributed by atoms with Gasteiger partial charge in [-0.15, -0.1) is 0 Å². The van der Waals surface area contributed by atoms with E-state index in [1.165, 1.54) is 7.11 Å². The Hall–Kier alpha value is -7.06. The lowest BCUT2D eigenvalue weighted by molar-refractivity contribution is -0.106. The highest BCUT2D eigenvalue weighted by Gasteiger charge is 2.23. The molecule has 1 aliphatic heterocycles. The first kappa shape index (κ1) is 45.5. The molecule has 6 N–H and O–H groups in total. The van der Waals surface area contributed by atoms with Gasteiger partial charge in [-0.1, -0.05) is 12.2 Å². The number of ether oxygens (including phenoxy) is 3. The molecule has 334 valence electrons. The Labute approximate surface area is 364 Å². The summed E-state index contributed by atoms with van der Waals surface area (Å²) in [4.78, 5) is 60.3. The summed E-state index contributed by atoms with van der Waals surface area (Å²) in [7, 11) is 1.49. The molecule has 4 aromatic heterocycles. The third kappa shape index (κ3) is 10.5. The first-order valence-corrected chi connectivity index (χ1v) is 20.7. The number of nitrogens with zero attached hydrogens (tertiary/aromatic N) is 9. The number of aryl methyl sites for hydroxylation is 5. The van der Waals surface area contributed by atoms with Crippen molar-refractivity contribution in [1.82, 2.24) is 43.6 Å². The van der Waals surface area contributed by atoms with Crippen LogP contribution >= 0.6 is 0 Å². The van der Waals surface area contributed by atoms with Crippen molar-refractivity contribution < 1.29 is 33.4 Å². The second-order valence-corrected chi connectivity index (χ2v) is 14.8. The molecular formula is C43H55N13O7. The van der Waals surface area contributed by atoms with Gasteiger partial charge in [0, 0.05) is 51.4 Å². The maximum absolute atomic E-state index is 13.8. The van der Waals surface area contributed by atoms with Gasteiger partial charge in [0.25, 0.3) is 11.8 Å². The minimum absolute atomic E-state index is 0.213. The van der Waals surface area contributed by atoms with Gasteiger partial charge in [0.05, 0.1) is 49.4 Å². The van der Waals surface area contributed by atoms with E-state index in [0.717, 1.165) is 56.0 Å². The number of primary amides is 2. The van der Waals surface area contributed by atoms with Crippen LogP contribution in [0.25, 0.3) is 22.1 Å². The summed E-state index contributed by atoms with van der Waals surface area (Å²) in [5.74, 6) is 0.209. The molecule has 0 aliphatic carbocycles. The first-order valence-electron chi connectivity index (χ1n) is 20.7. The fourth-order valence-corrected chi connectivity index (χ4v) is 7.47. The topological polar surface area (TPSA) is 247 Å². The fraction of sp³-hybridized carbons (Fsp3) is 0.395. The third-order valence-corrected chi connectivity index (χ3v) is 10.3. The monoisotopic (exact) mass is 865 g/mol. The molecule has 6 aromatic rings. The molecule has 2 aromatic carbocycles. The number of fused-ring (bicyclic) bond motifs is 2. The summed E-state index contributed by atoms with van der Waals surface area (Å²) in [5, 5.41) is 14.9. The zero-order valence-corrected chi connectivity index (χ0v) is 36.5. The molecule has 0 radical (unpaired) electrons. The van der Waals surface area contributed by atoms with Crippen LogP contribution in [0.4, 0.5) is 11.9 Å². The normalized spacial score (nSPS) is 13.0. The average molecular weight is 866 g/mol. The van der Waals surface area contributed by atoms with E-state index >= 15 is 0 Å². The first-order chi connectivity index (χ1) is 30.4. The fourth-order valence-electron chi connectivity index (χ4n) is 7.47. The summed E-state index contributed by atoms with van der Waals surface area (Å²) in [6, 6.07) is 10.5. The molecule has 20 heteroatoms. The number of rotatable bonds is 17. The summed E-state index contributed by atoms with van der Waals surface area (Å²) < 4.78 is 24.7. The maximum Gasteiger partial charge on any atom is 0.276 e. The number of hydrogen-bond acceptors (Lipinski definition) is 12. The van der Waals surface area contributed by atoms with Gasteiger partial charge in [-0.3, -0.25) is 44.1 Å². The van der Waals surface area contributed by atoms with E-state index in [2.05, 4.69) is 31.5 Å². The Morgan fingerprint density at radius 2 is 1.32 bits per heavy atom. The van der Waals surface area contributed by atoms with Gasteiger partial charge in [0.2, 0.25) is 24.2 Å². The lowest BCUT2D eigenvalue weighted by Crippen LogP contribution is -2.37. The van der Waals surface area contributed by atoms with E-state index in [-0.39, 0.29) is 36.9 Å². The Bertz CT molecular complexity index is 2630. The number of morpholine rings is 1. The van der Waals surface area contributed by atoms with Crippen LogP contribution in [0.3, 0.4) is 0 Å². The summed E-state index contributed by atoms with van der Waals surface area (Å²) in [6.07, 6.45) is 4.94. The smallest absolute Gasteiger partial charge is 0.276 e. The molecule has 0 bridgehead atoms. The highest BCUT2D eigenvalue weighted by Crippen LogP contribution is 2.33. The van der Waals surface area contributed by atoms with E-state index in [0.29, 0.717) is 70.8 Å². The Morgan fingerprint density at radius 1 is 0.794 bits per heavy atom. The lowest BCUT2D eigenvalue weighted by Gasteiger charge is -2.26. The molecule has 0 atom stereocenters. The number of amides is 4. The van der Waals surface area contributed by atoms with E-state index < -0.39 is 11.8 Å². The van der Waals surface area contributed by atoms with Crippen molar-refractivity contribution in [3.05, 3.63) is 82.5 Å². The number of imidazole rings is 2. The number of methoxy groups -OCH3 is 1. The highest BCUT2D eigenvalue weighted by molar-refractivity contribution is 6.05. The Morgan fingerprint density at radius 3 is 1.83 bits per heavy atom. The Balaban J connectivity index is 0.00000214. The SMILES string of the molecule is CCn1nc(C)cc1C(=O)Nc1nc2cc(C(N)=O)cc(OC)c2n1C/C=C/Cn1c(NC(=O)c2cc(C)nn2CC)nc2cc(C)cc(OCCCN3CCOCC3)c21.NC=O. The quantitative estimate of drug-likeness (QED) is 0.0581. The number of nitrogens with one attached hydrogen (secondary N) is 2. The number of nitrogens with two attached hydrogens (primary N) is 2. The summed E-state index contributed by atoms with van der Waals surface area (Å²) >= 11 is 0. The van der Waals surface area contributed by atoms with Crippen molar-refractivity contribution in [2.75, 3.05) is 57.2 Å². The van der Waals surface area contributed by atoms with Crippen LogP contribution in [0.15, 0.2) is 48.6 Å². The van der Waals surface area contributed by atoms with E-state index in [1.807, 2.05) is 63.5 Å². The molecule has 7 rings (SSSR count). The molecule has 1 saturated heterocycles. The number of carbonyl (C=O) groups is 4. The summed E-state index contributed by atoms with van der Waals surface area (Å²) in [6.45, 7) is 15.7. The number of anilines is 2. The van der Waals surface area contributed by atoms with Crippen molar-refractivity contribution in [2.24, 2.45) is 11.5 Å².